The first-order valence-corrected chi connectivity index (χ1v) is 10.1. The van der Waals surface area contributed by atoms with Gasteiger partial charge in [-0.15, -0.1) is 0 Å². The molecule has 10 nitrogen and oxygen atoms in total. The minimum atomic E-state index is -1.48. The molecule has 172 valence electrons. The van der Waals surface area contributed by atoms with Gasteiger partial charge in [-0.1, -0.05) is 13.8 Å². The molecule has 10 heteroatoms. The van der Waals surface area contributed by atoms with Gasteiger partial charge >= 0.3 is 0 Å². The Bertz CT molecular complexity index is 531. The van der Waals surface area contributed by atoms with Crippen molar-refractivity contribution in [2.75, 3.05) is 13.2 Å². The summed E-state index contributed by atoms with van der Waals surface area (Å²) in [6, 6.07) is 0. The molecule has 2 heterocycles. The van der Waals surface area contributed by atoms with E-state index < -0.39 is 79.4 Å². The molecule has 29 heavy (non-hydrogen) atoms. The highest BCUT2D eigenvalue weighted by Gasteiger charge is 2.56. The summed E-state index contributed by atoms with van der Waals surface area (Å²) in [5.41, 5.74) is -2.60. The topological polar surface area (TPSA) is 169 Å². The Morgan fingerprint density at radius 1 is 0.931 bits per heavy atom. The molecule has 2 rings (SSSR count). The lowest BCUT2D eigenvalue weighted by Crippen LogP contribution is -2.68. The van der Waals surface area contributed by atoms with Crippen molar-refractivity contribution in [3.05, 3.63) is 0 Å². The van der Waals surface area contributed by atoms with Crippen LogP contribution in [-0.2, 0) is 14.2 Å². The van der Waals surface area contributed by atoms with Crippen LogP contribution in [0.3, 0.4) is 0 Å². The zero-order valence-electron chi connectivity index (χ0n) is 17.4. The van der Waals surface area contributed by atoms with Crippen molar-refractivity contribution in [2.24, 2.45) is 5.92 Å². The van der Waals surface area contributed by atoms with Crippen LogP contribution in [-0.4, -0.2) is 109 Å². The summed E-state index contributed by atoms with van der Waals surface area (Å²) in [6.07, 6.45) is -9.84. The van der Waals surface area contributed by atoms with Gasteiger partial charge < -0.3 is 50.0 Å². The van der Waals surface area contributed by atoms with Crippen molar-refractivity contribution < 1.29 is 50.0 Å². The maximum absolute atomic E-state index is 10.8. The quantitative estimate of drug-likeness (QED) is 0.240. The van der Waals surface area contributed by atoms with E-state index in [4.69, 9.17) is 14.2 Å². The molecule has 10 unspecified atom stereocenters. The molecule has 7 N–H and O–H groups in total. The van der Waals surface area contributed by atoms with Crippen LogP contribution < -0.4 is 0 Å². The summed E-state index contributed by atoms with van der Waals surface area (Å²) in [4.78, 5) is 0. The van der Waals surface area contributed by atoms with E-state index in [0.717, 1.165) is 0 Å². The van der Waals surface area contributed by atoms with E-state index in [-0.39, 0.29) is 6.42 Å². The van der Waals surface area contributed by atoms with Gasteiger partial charge in [-0.2, -0.15) is 0 Å². The molecule has 0 aliphatic carbocycles. The van der Waals surface area contributed by atoms with E-state index in [1.165, 1.54) is 6.92 Å². The Morgan fingerprint density at radius 3 is 2.00 bits per heavy atom. The van der Waals surface area contributed by atoms with Crippen molar-refractivity contribution in [1.82, 2.24) is 0 Å². The Labute approximate surface area is 170 Å². The minimum Gasteiger partial charge on any atom is -0.394 e. The van der Waals surface area contributed by atoms with Gasteiger partial charge in [0.1, 0.15) is 36.6 Å². The smallest absolute Gasteiger partial charge is 0.185 e. The molecule has 0 saturated carbocycles. The van der Waals surface area contributed by atoms with Crippen LogP contribution in [0, 0.1) is 5.92 Å². The average Bonchev–Trinajstić information content (AvgIpc) is 2.69. The van der Waals surface area contributed by atoms with Gasteiger partial charge in [-0.05, 0) is 26.7 Å². The van der Waals surface area contributed by atoms with E-state index >= 15 is 0 Å². The molecule has 2 aliphatic heterocycles. The third-order valence-corrected chi connectivity index (χ3v) is 6.54. The summed E-state index contributed by atoms with van der Waals surface area (Å²) >= 11 is 0. The van der Waals surface area contributed by atoms with Crippen LogP contribution in [0.2, 0.25) is 0 Å². The zero-order chi connectivity index (χ0) is 22.1. The molecule has 0 spiro atoms. The molecule has 11 atom stereocenters. The number of rotatable bonds is 7. The molecule has 0 amide bonds. The number of ether oxygens (including phenoxy) is 3. The van der Waals surface area contributed by atoms with Crippen molar-refractivity contribution in [2.45, 2.75) is 101 Å². The zero-order valence-corrected chi connectivity index (χ0v) is 17.4. The van der Waals surface area contributed by atoms with Gasteiger partial charge in [0.15, 0.2) is 6.29 Å². The standard InChI is InChI=1S/C19H36O10/c1-5-18(3,26)11-12(22)9(7-20)27-17(14(11)24)28-16-15(25)13(23)10(8-21)29-19(16,4)6-2/h9-17,20-26H,5-8H2,1-4H3/t9?,10-,11?,12?,13?,14?,15?,16?,17?,18?,19?/m0/s1. The minimum absolute atomic E-state index is 0.218. The Morgan fingerprint density at radius 2 is 1.52 bits per heavy atom. The highest BCUT2D eigenvalue weighted by molar-refractivity contribution is 5.02. The fourth-order valence-electron chi connectivity index (χ4n) is 4.21. The Kier molecular flexibility index (Phi) is 8.05. The summed E-state index contributed by atoms with van der Waals surface area (Å²) in [7, 11) is 0. The monoisotopic (exact) mass is 424 g/mol. The van der Waals surface area contributed by atoms with E-state index in [1.54, 1.807) is 20.8 Å². The number of aliphatic hydroxyl groups excluding tert-OH is 6. The molecule has 2 fully saturated rings. The first-order chi connectivity index (χ1) is 13.5. The van der Waals surface area contributed by atoms with Gasteiger partial charge in [-0.25, -0.2) is 0 Å². The van der Waals surface area contributed by atoms with Crippen LogP contribution in [0.1, 0.15) is 40.5 Å². The SMILES string of the molecule is CCC(C)(O)C1C(O)C(CO)OC(OC2C(O)C(O)[C@H](CO)OC2(C)CC)C1O. The second-order valence-electron chi connectivity index (χ2n) is 8.49. The van der Waals surface area contributed by atoms with Crippen LogP contribution in [0.4, 0.5) is 0 Å². The fraction of sp³-hybridized carbons (Fsp3) is 1.00. The van der Waals surface area contributed by atoms with Gasteiger partial charge in [0.2, 0.25) is 0 Å². The fourth-order valence-corrected chi connectivity index (χ4v) is 4.21. The van der Waals surface area contributed by atoms with E-state index in [9.17, 15) is 35.7 Å². The van der Waals surface area contributed by atoms with Crippen LogP contribution >= 0.6 is 0 Å². The lowest BCUT2D eigenvalue weighted by atomic mass is 9.75. The number of hydrogen-bond donors (Lipinski definition) is 7. The normalized spacial score (nSPS) is 48.3. The predicted molar refractivity (Wildman–Crippen MR) is 99.7 cm³/mol. The van der Waals surface area contributed by atoms with Crippen molar-refractivity contribution in [3.63, 3.8) is 0 Å². The van der Waals surface area contributed by atoms with Crippen molar-refractivity contribution in [1.29, 1.82) is 0 Å². The third kappa shape index (κ3) is 4.62. The second kappa shape index (κ2) is 9.39. The van der Waals surface area contributed by atoms with Gasteiger partial charge in [0.05, 0.1) is 30.5 Å². The van der Waals surface area contributed by atoms with Crippen LogP contribution in [0.5, 0.6) is 0 Å². The summed E-state index contributed by atoms with van der Waals surface area (Å²) in [5, 5.41) is 71.9. The Hall–Kier alpha value is -0.400. The molecule has 0 aromatic carbocycles. The summed E-state index contributed by atoms with van der Waals surface area (Å²) in [5.74, 6) is -1.09. The third-order valence-electron chi connectivity index (χ3n) is 6.54. The van der Waals surface area contributed by atoms with Gasteiger partial charge in [0.25, 0.3) is 0 Å². The summed E-state index contributed by atoms with van der Waals surface area (Å²) in [6.45, 7) is 5.50. The highest BCUT2D eigenvalue weighted by Crippen LogP contribution is 2.40. The molecule has 0 bridgehead atoms. The average molecular weight is 424 g/mol. The maximum atomic E-state index is 10.8. The van der Waals surface area contributed by atoms with E-state index in [2.05, 4.69) is 0 Å². The first-order valence-electron chi connectivity index (χ1n) is 10.1. The number of hydrogen-bond acceptors (Lipinski definition) is 10. The molecular weight excluding hydrogens is 388 g/mol. The van der Waals surface area contributed by atoms with Crippen LogP contribution in [0.25, 0.3) is 0 Å². The lowest BCUT2D eigenvalue weighted by Gasteiger charge is -2.52. The molecular formula is C19H36O10. The van der Waals surface area contributed by atoms with Gasteiger partial charge in [-0.3, -0.25) is 0 Å². The maximum Gasteiger partial charge on any atom is 0.185 e. The molecule has 0 aromatic rings. The summed E-state index contributed by atoms with van der Waals surface area (Å²) < 4.78 is 17.1. The van der Waals surface area contributed by atoms with E-state index in [1.807, 2.05) is 0 Å². The van der Waals surface area contributed by atoms with Crippen molar-refractivity contribution in [3.8, 4) is 0 Å². The van der Waals surface area contributed by atoms with E-state index in [0.29, 0.717) is 6.42 Å². The van der Waals surface area contributed by atoms with Crippen molar-refractivity contribution >= 4 is 0 Å². The molecule has 0 radical (unpaired) electrons. The van der Waals surface area contributed by atoms with Crippen LogP contribution in [0.15, 0.2) is 0 Å². The highest BCUT2D eigenvalue weighted by atomic mass is 16.7. The number of aliphatic hydroxyl groups is 7. The lowest BCUT2D eigenvalue weighted by molar-refractivity contribution is -0.359. The second-order valence-corrected chi connectivity index (χ2v) is 8.49. The molecule has 2 aliphatic rings. The first kappa shape index (κ1) is 24.9. The molecule has 0 aromatic heterocycles. The Balaban J connectivity index is 2.32. The molecule has 2 saturated heterocycles. The largest absolute Gasteiger partial charge is 0.394 e. The van der Waals surface area contributed by atoms with Gasteiger partial charge in [0, 0.05) is 5.92 Å². The predicted octanol–water partition coefficient (Wildman–Crippen LogP) is -2.13.